The molecule has 3 rings (SSSR count). The second-order valence-electron chi connectivity index (χ2n) is 7.58. The van der Waals surface area contributed by atoms with Crippen LogP contribution in [0.1, 0.15) is 38.2 Å². The van der Waals surface area contributed by atoms with Gasteiger partial charge in [-0.3, -0.25) is 19.3 Å². The number of aryl methyl sites for hydroxylation is 1. The van der Waals surface area contributed by atoms with E-state index in [-0.39, 0.29) is 23.7 Å². The summed E-state index contributed by atoms with van der Waals surface area (Å²) in [4.78, 5) is 50.8. The highest BCUT2D eigenvalue weighted by Gasteiger charge is 2.51. The number of carbonyl (C=O) groups excluding carboxylic acids is 4. The van der Waals surface area contributed by atoms with E-state index in [0.717, 1.165) is 23.3 Å². The molecule has 8 nitrogen and oxygen atoms in total. The Bertz CT molecular complexity index is 812. The number of amides is 3. The molecule has 1 saturated carbocycles. The molecule has 1 N–H and O–H groups in total. The van der Waals surface area contributed by atoms with Gasteiger partial charge in [-0.15, -0.1) is 0 Å². The number of hydrogen-bond acceptors (Lipinski definition) is 6. The number of nitrogens with one attached hydrogen (secondary N) is 1. The zero-order chi connectivity index (χ0) is 21.1. The molecule has 1 aliphatic heterocycles. The summed E-state index contributed by atoms with van der Waals surface area (Å²) in [5, 5.41) is 2.64. The molecule has 0 bridgehead atoms. The van der Waals surface area contributed by atoms with Crippen LogP contribution >= 0.6 is 0 Å². The fraction of sp³-hybridized carbons (Fsp3) is 0.524. The number of anilines is 1. The van der Waals surface area contributed by atoms with Crippen molar-refractivity contribution in [1.29, 1.82) is 0 Å². The molecule has 1 aromatic rings. The predicted molar refractivity (Wildman–Crippen MR) is 104 cm³/mol. The fourth-order valence-electron chi connectivity index (χ4n) is 4.04. The molecule has 29 heavy (non-hydrogen) atoms. The van der Waals surface area contributed by atoms with Gasteiger partial charge in [-0.25, -0.2) is 4.79 Å². The zero-order valence-electron chi connectivity index (χ0n) is 16.9. The molecule has 1 aliphatic carbocycles. The maximum Gasteiger partial charge on any atom is 0.329 e. The topological polar surface area (TPSA) is 102 Å². The van der Waals surface area contributed by atoms with Crippen molar-refractivity contribution in [3.05, 3.63) is 23.8 Å². The van der Waals surface area contributed by atoms with Crippen LogP contribution in [0, 0.1) is 18.8 Å². The largest absolute Gasteiger partial charge is 0.495 e. The van der Waals surface area contributed by atoms with E-state index in [9.17, 15) is 19.2 Å². The molecule has 0 spiro atoms. The first-order valence-electron chi connectivity index (χ1n) is 9.81. The Hall–Kier alpha value is -2.90. The van der Waals surface area contributed by atoms with Crippen molar-refractivity contribution >= 4 is 29.4 Å². The lowest BCUT2D eigenvalue weighted by Gasteiger charge is -2.21. The van der Waals surface area contributed by atoms with Crippen LogP contribution in [0.25, 0.3) is 0 Å². The lowest BCUT2D eigenvalue weighted by molar-refractivity contribution is -0.159. The van der Waals surface area contributed by atoms with E-state index in [2.05, 4.69) is 5.32 Å². The third-order valence-electron chi connectivity index (χ3n) is 5.58. The minimum Gasteiger partial charge on any atom is -0.495 e. The third kappa shape index (κ3) is 4.26. The number of methoxy groups -OCH3 is 1. The Morgan fingerprint density at radius 3 is 2.38 bits per heavy atom. The maximum absolute atomic E-state index is 12.6. The van der Waals surface area contributed by atoms with Crippen LogP contribution < -0.4 is 10.1 Å². The number of rotatable bonds is 6. The van der Waals surface area contributed by atoms with Gasteiger partial charge in [0.05, 0.1) is 24.6 Å². The predicted octanol–water partition coefficient (Wildman–Crippen LogP) is 2.05. The van der Waals surface area contributed by atoms with E-state index in [0.29, 0.717) is 24.3 Å². The van der Waals surface area contributed by atoms with Gasteiger partial charge in [-0.05, 0) is 44.4 Å². The van der Waals surface area contributed by atoms with Crippen molar-refractivity contribution in [3.8, 4) is 5.75 Å². The number of ether oxygens (including phenoxy) is 2. The minimum absolute atomic E-state index is 0.307. The molecular weight excluding hydrogens is 376 g/mol. The zero-order valence-corrected chi connectivity index (χ0v) is 16.9. The van der Waals surface area contributed by atoms with E-state index in [1.165, 1.54) is 14.0 Å². The van der Waals surface area contributed by atoms with E-state index in [1.807, 2.05) is 13.0 Å². The van der Waals surface area contributed by atoms with Crippen LogP contribution in [-0.2, 0) is 23.9 Å². The van der Waals surface area contributed by atoms with Crippen LogP contribution in [0.2, 0.25) is 0 Å². The molecule has 2 fully saturated rings. The normalized spacial score (nSPS) is 22.1. The second kappa shape index (κ2) is 8.63. The fourth-order valence-corrected chi connectivity index (χ4v) is 4.04. The van der Waals surface area contributed by atoms with Crippen molar-refractivity contribution in [3.63, 3.8) is 0 Å². The Labute approximate surface area is 169 Å². The third-order valence-corrected chi connectivity index (χ3v) is 5.58. The summed E-state index contributed by atoms with van der Waals surface area (Å²) >= 11 is 0. The summed E-state index contributed by atoms with van der Waals surface area (Å²) in [6.45, 7) is 2.80. The minimum atomic E-state index is -1.05. The van der Waals surface area contributed by atoms with Crippen molar-refractivity contribution in [2.24, 2.45) is 11.8 Å². The molecule has 3 amide bonds. The smallest absolute Gasteiger partial charge is 0.329 e. The van der Waals surface area contributed by atoms with Gasteiger partial charge in [0.1, 0.15) is 11.8 Å². The standard InChI is InChI=1S/C21H26N2O6/c1-12-8-9-17(28-3)16(10-12)22-18(24)11-29-21(27)13(2)23-19(25)14-6-4-5-7-15(14)20(23)26/h8-10,13-15H,4-7,11H2,1-3H3,(H,22,24)/t13-,14-,15+/m0/s1. The molecule has 0 unspecified atom stereocenters. The highest BCUT2D eigenvalue weighted by molar-refractivity contribution is 6.08. The summed E-state index contributed by atoms with van der Waals surface area (Å²) in [6.07, 6.45) is 3.17. The number of carbonyl (C=O) groups is 4. The first-order chi connectivity index (χ1) is 13.8. The molecular formula is C21H26N2O6. The molecule has 2 aliphatic rings. The maximum atomic E-state index is 12.6. The highest BCUT2D eigenvalue weighted by Crippen LogP contribution is 2.38. The van der Waals surface area contributed by atoms with Crippen molar-refractivity contribution in [2.75, 3.05) is 19.0 Å². The Morgan fingerprint density at radius 2 is 1.79 bits per heavy atom. The monoisotopic (exact) mass is 402 g/mol. The summed E-state index contributed by atoms with van der Waals surface area (Å²) in [5.74, 6) is -2.11. The number of imide groups is 1. The summed E-state index contributed by atoms with van der Waals surface area (Å²) in [7, 11) is 1.49. The molecule has 3 atom stereocenters. The number of likely N-dealkylation sites (tertiary alicyclic amines) is 1. The molecule has 0 radical (unpaired) electrons. The Kier molecular flexibility index (Phi) is 6.20. The van der Waals surface area contributed by atoms with Crippen molar-refractivity contribution in [1.82, 2.24) is 4.90 Å². The van der Waals surface area contributed by atoms with Crippen LogP contribution in [0.3, 0.4) is 0 Å². The molecule has 1 heterocycles. The number of benzene rings is 1. The van der Waals surface area contributed by atoms with Crippen molar-refractivity contribution in [2.45, 2.75) is 45.6 Å². The Morgan fingerprint density at radius 1 is 1.17 bits per heavy atom. The average Bonchev–Trinajstić information content (AvgIpc) is 2.96. The lowest BCUT2D eigenvalue weighted by atomic mass is 9.81. The molecule has 8 heteroatoms. The number of nitrogens with zero attached hydrogens (tertiary/aromatic N) is 1. The van der Waals surface area contributed by atoms with Gasteiger partial charge in [0.15, 0.2) is 6.61 Å². The average molecular weight is 402 g/mol. The summed E-state index contributed by atoms with van der Waals surface area (Å²) in [6, 6.07) is 4.26. The van der Waals surface area contributed by atoms with E-state index >= 15 is 0 Å². The van der Waals surface area contributed by atoms with Gasteiger partial charge in [0.2, 0.25) is 11.8 Å². The SMILES string of the molecule is COc1ccc(C)cc1NC(=O)COC(=O)[C@H](C)N1C(=O)[C@H]2CCCC[C@H]2C1=O. The van der Waals surface area contributed by atoms with E-state index in [4.69, 9.17) is 9.47 Å². The van der Waals surface area contributed by atoms with Gasteiger partial charge in [0, 0.05) is 0 Å². The summed E-state index contributed by atoms with van der Waals surface area (Å²) in [5.41, 5.74) is 1.40. The van der Waals surface area contributed by atoms with Gasteiger partial charge < -0.3 is 14.8 Å². The van der Waals surface area contributed by atoms with Gasteiger partial charge >= 0.3 is 5.97 Å². The number of hydrogen-bond donors (Lipinski definition) is 1. The van der Waals surface area contributed by atoms with Crippen LogP contribution in [0.5, 0.6) is 5.75 Å². The Balaban J connectivity index is 1.58. The van der Waals surface area contributed by atoms with Gasteiger partial charge in [0.25, 0.3) is 5.91 Å². The van der Waals surface area contributed by atoms with Gasteiger partial charge in [-0.2, -0.15) is 0 Å². The van der Waals surface area contributed by atoms with Crippen LogP contribution in [0.4, 0.5) is 5.69 Å². The molecule has 1 aromatic carbocycles. The highest BCUT2D eigenvalue weighted by atomic mass is 16.5. The number of fused-ring (bicyclic) bond motifs is 1. The first kappa shape index (κ1) is 20.8. The van der Waals surface area contributed by atoms with Crippen molar-refractivity contribution < 1.29 is 28.7 Å². The first-order valence-corrected chi connectivity index (χ1v) is 9.81. The van der Waals surface area contributed by atoms with E-state index < -0.39 is 24.5 Å². The quantitative estimate of drug-likeness (QED) is 0.577. The lowest BCUT2D eigenvalue weighted by Crippen LogP contribution is -2.45. The summed E-state index contributed by atoms with van der Waals surface area (Å²) < 4.78 is 10.3. The molecule has 0 aromatic heterocycles. The molecule has 1 saturated heterocycles. The molecule has 156 valence electrons. The second-order valence-corrected chi connectivity index (χ2v) is 7.58. The van der Waals surface area contributed by atoms with Crippen LogP contribution in [0.15, 0.2) is 18.2 Å². The number of esters is 1. The van der Waals surface area contributed by atoms with Crippen LogP contribution in [-0.4, -0.2) is 48.3 Å². The van der Waals surface area contributed by atoms with Gasteiger partial charge in [-0.1, -0.05) is 18.9 Å². The van der Waals surface area contributed by atoms with E-state index in [1.54, 1.807) is 12.1 Å².